The monoisotopic (exact) mass is 287 g/mol. The zero-order chi connectivity index (χ0) is 14.4. The summed E-state index contributed by atoms with van der Waals surface area (Å²) in [4.78, 5) is 0. The Kier molecular flexibility index (Phi) is 5.24. The van der Waals surface area contributed by atoms with Crippen molar-refractivity contribution in [2.75, 3.05) is 11.5 Å². The van der Waals surface area contributed by atoms with Crippen molar-refractivity contribution in [1.82, 2.24) is 0 Å². The molecule has 0 heterocycles. The molecule has 0 aliphatic heterocycles. The molecule has 0 aromatic heterocycles. The third kappa shape index (κ3) is 3.06. The molecule has 20 heavy (non-hydrogen) atoms. The summed E-state index contributed by atoms with van der Waals surface area (Å²) in [5.41, 5.74) is 6.87. The van der Waals surface area contributed by atoms with Gasteiger partial charge in [-0.3, -0.25) is 0 Å². The summed E-state index contributed by atoms with van der Waals surface area (Å²) in [5.74, 6) is 1.71. The number of hydrogen-bond acceptors (Lipinski definition) is 3. The molecular formula is C17H21NOS. The van der Waals surface area contributed by atoms with Crippen LogP contribution in [0.15, 0.2) is 60.7 Å². The van der Waals surface area contributed by atoms with Gasteiger partial charge in [-0.05, 0) is 16.9 Å². The Morgan fingerprint density at radius 3 is 1.85 bits per heavy atom. The molecular weight excluding hydrogens is 266 g/mol. The molecule has 0 aliphatic rings. The van der Waals surface area contributed by atoms with Crippen LogP contribution in [-0.2, 0) is 5.60 Å². The van der Waals surface area contributed by atoms with Crippen LogP contribution in [0.3, 0.4) is 0 Å². The maximum Gasteiger partial charge on any atom is 0.130 e. The van der Waals surface area contributed by atoms with Crippen molar-refractivity contribution in [1.29, 1.82) is 0 Å². The second-order valence-corrected chi connectivity index (χ2v) is 6.08. The Morgan fingerprint density at radius 2 is 1.45 bits per heavy atom. The fraction of sp³-hybridized carbons (Fsp3) is 0.294. The van der Waals surface area contributed by atoms with Gasteiger partial charge < -0.3 is 10.8 Å². The molecule has 2 aromatic rings. The Balaban J connectivity index is 2.43. The van der Waals surface area contributed by atoms with Crippen molar-refractivity contribution >= 4 is 11.8 Å². The van der Waals surface area contributed by atoms with Crippen molar-refractivity contribution < 1.29 is 5.11 Å². The molecule has 2 aromatic carbocycles. The van der Waals surface area contributed by atoms with Gasteiger partial charge in [0, 0.05) is 5.75 Å². The van der Waals surface area contributed by atoms with E-state index in [2.05, 4.69) is 6.92 Å². The van der Waals surface area contributed by atoms with Crippen molar-refractivity contribution in [2.24, 2.45) is 5.73 Å². The van der Waals surface area contributed by atoms with Gasteiger partial charge in [0.25, 0.3) is 0 Å². The average molecular weight is 287 g/mol. The smallest absolute Gasteiger partial charge is 0.130 e. The van der Waals surface area contributed by atoms with Crippen LogP contribution >= 0.6 is 11.8 Å². The summed E-state index contributed by atoms with van der Waals surface area (Å²) < 4.78 is 0. The average Bonchev–Trinajstić information content (AvgIpc) is 2.53. The van der Waals surface area contributed by atoms with Crippen LogP contribution in [0.4, 0.5) is 0 Å². The first-order valence-corrected chi connectivity index (χ1v) is 8.01. The van der Waals surface area contributed by atoms with Crippen molar-refractivity contribution in [2.45, 2.75) is 18.6 Å². The standard InChI is InChI=1S/C17H21NOS/c1-2-20-13-16(18)17(19,14-9-5-3-6-10-14)15-11-7-4-8-12-15/h3-12,16,19H,2,13,18H2,1H3/t16-/m0/s1. The lowest BCUT2D eigenvalue weighted by atomic mass is 9.81. The first-order valence-electron chi connectivity index (χ1n) is 6.86. The lowest BCUT2D eigenvalue weighted by Crippen LogP contribution is -2.48. The largest absolute Gasteiger partial charge is 0.379 e. The molecule has 0 unspecified atom stereocenters. The quantitative estimate of drug-likeness (QED) is 0.858. The third-order valence-corrected chi connectivity index (χ3v) is 4.47. The van der Waals surface area contributed by atoms with E-state index in [1.165, 1.54) is 0 Å². The van der Waals surface area contributed by atoms with Crippen molar-refractivity contribution in [3.8, 4) is 0 Å². The normalized spacial score (nSPS) is 13.2. The molecule has 0 bridgehead atoms. The van der Waals surface area contributed by atoms with E-state index in [4.69, 9.17) is 5.73 Å². The van der Waals surface area contributed by atoms with E-state index in [-0.39, 0.29) is 6.04 Å². The van der Waals surface area contributed by atoms with Gasteiger partial charge in [0.05, 0.1) is 6.04 Å². The number of benzene rings is 2. The molecule has 3 N–H and O–H groups in total. The van der Waals surface area contributed by atoms with Crippen LogP contribution in [-0.4, -0.2) is 22.7 Å². The van der Waals surface area contributed by atoms with Crippen molar-refractivity contribution in [3.63, 3.8) is 0 Å². The summed E-state index contributed by atoms with van der Waals surface area (Å²) in [6.07, 6.45) is 0. The number of hydrogen-bond donors (Lipinski definition) is 2. The molecule has 0 fully saturated rings. The summed E-state index contributed by atoms with van der Waals surface area (Å²) in [7, 11) is 0. The van der Waals surface area contributed by atoms with Crippen LogP contribution in [0, 0.1) is 0 Å². The molecule has 2 nitrogen and oxygen atoms in total. The number of rotatable bonds is 6. The lowest BCUT2D eigenvalue weighted by molar-refractivity contribution is 0.0594. The second kappa shape index (κ2) is 6.93. The highest BCUT2D eigenvalue weighted by molar-refractivity contribution is 7.99. The van der Waals surface area contributed by atoms with Crippen LogP contribution in [0.25, 0.3) is 0 Å². The molecule has 0 radical (unpaired) electrons. The summed E-state index contributed by atoms with van der Waals surface area (Å²) >= 11 is 1.75. The predicted molar refractivity (Wildman–Crippen MR) is 86.9 cm³/mol. The van der Waals surface area contributed by atoms with Gasteiger partial charge in [0.2, 0.25) is 0 Å². The molecule has 1 atom stereocenters. The zero-order valence-corrected chi connectivity index (χ0v) is 12.5. The van der Waals surface area contributed by atoms with Gasteiger partial charge in [0.15, 0.2) is 0 Å². The van der Waals surface area contributed by atoms with E-state index in [1.54, 1.807) is 11.8 Å². The SMILES string of the molecule is CCSC[C@H](N)C(O)(c1ccccc1)c1ccccc1. The Labute approximate surface area is 125 Å². The second-order valence-electron chi connectivity index (χ2n) is 4.76. The fourth-order valence-corrected chi connectivity index (χ4v) is 3.08. The first kappa shape index (κ1) is 15.1. The van der Waals surface area contributed by atoms with Crippen LogP contribution in [0.1, 0.15) is 18.1 Å². The Morgan fingerprint density at radius 1 is 1.00 bits per heavy atom. The fourth-order valence-electron chi connectivity index (χ4n) is 2.34. The molecule has 0 amide bonds. The molecule has 0 spiro atoms. The molecule has 2 rings (SSSR count). The molecule has 106 valence electrons. The Bertz CT molecular complexity index is 476. The van der Waals surface area contributed by atoms with Crippen LogP contribution < -0.4 is 5.73 Å². The minimum Gasteiger partial charge on any atom is -0.379 e. The topological polar surface area (TPSA) is 46.2 Å². The molecule has 0 saturated heterocycles. The van der Waals surface area contributed by atoms with Crippen molar-refractivity contribution in [3.05, 3.63) is 71.8 Å². The summed E-state index contributed by atoms with van der Waals surface area (Å²) in [6, 6.07) is 19.0. The highest BCUT2D eigenvalue weighted by atomic mass is 32.2. The van der Waals surface area contributed by atoms with E-state index in [9.17, 15) is 5.11 Å². The number of nitrogens with two attached hydrogens (primary N) is 1. The lowest BCUT2D eigenvalue weighted by Gasteiger charge is -2.35. The van der Waals surface area contributed by atoms with E-state index >= 15 is 0 Å². The first-order chi connectivity index (χ1) is 9.69. The molecule has 0 aliphatic carbocycles. The zero-order valence-electron chi connectivity index (χ0n) is 11.7. The van der Waals surface area contributed by atoms with Gasteiger partial charge in [-0.1, -0.05) is 67.6 Å². The maximum atomic E-state index is 11.3. The third-order valence-electron chi connectivity index (χ3n) is 3.47. The highest BCUT2D eigenvalue weighted by Gasteiger charge is 2.37. The minimum atomic E-state index is -1.15. The van der Waals surface area contributed by atoms with Crippen LogP contribution in [0.2, 0.25) is 0 Å². The summed E-state index contributed by atoms with van der Waals surface area (Å²) in [6.45, 7) is 2.10. The van der Waals surface area contributed by atoms with Gasteiger partial charge in [-0.15, -0.1) is 0 Å². The van der Waals surface area contributed by atoms with Gasteiger partial charge in [-0.25, -0.2) is 0 Å². The summed E-state index contributed by atoms with van der Waals surface area (Å²) in [5, 5.41) is 11.3. The minimum absolute atomic E-state index is 0.350. The van der Waals surface area contributed by atoms with Gasteiger partial charge >= 0.3 is 0 Å². The predicted octanol–water partition coefficient (Wildman–Crippen LogP) is 3.00. The Hall–Kier alpha value is -1.29. The maximum absolute atomic E-state index is 11.3. The number of aliphatic hydroxyl groups is 1. The highest BCUT2D eigenvalue weighted by Crippen LogP contribution is 2.33. The molecule has 0 saturated carbocycles. The number of thioether (sulfide) groups is 1. The van der Waals surface area contributed by atoms with E-state index in [1.807, 2.05) is 60.7 Å². The molecule has 3 heteroatoms. The van der Waals surface area contributed by atoms with Gasteiger partial charge in [0.1, 0.15) is 5.60 Å². The van der Waals surface area contributed by atoms with E-state index in [0.717, 1.165) is 22.6 Å². The van der Waals surface area contributed by atoms with E-state index in [0.29, 0.717) is 0 Å². The van der Waals surface area contributed by atoms with Crippen LogP contribution in [0.5, 0.6) is 0 Å². The van der Waals surface area contributed by atoms with E-state index < -0.39 is 5.60 Å². The van der Waals surface area contributed by atoms with Gasteiger partial charge in [-0.2, -0.15) is 11.8 Å².